The molecule has 2 aromatic rings. The second-order valence-electron chi connectivity index (χ2n) is 6.17. The number of carbonyl (C=O) groups excluding carboxylic acids is 1. The number of rotatable bonds is 2. The van der Waals surface area contributed by atoms with E-state index in [1.807, 2.05) is 24.4 Å². The Balaban J connectivity index is 1.81. The molecule has 1 N–H and O–H groups in total. The maximum atomic E-state index is 12.2. The molecule has 1 fully saturated rings. The Bertz CT molecular complexity index is 868. The minimum atomic E-state index is -3.00. The summed E-state index contributed by atoms with van der Waals surface area (Å²) in [5.41, 5.74) is 1.89. The molecule has 23 heavy (non-hydrogen) atoms. The van der Waals surface area contributed by atoms with Gasteiger partial charge < -0.3 is 5.32 Å². The van der Waals surface area contributed by atoms with Crippen LogP contribution in [0.25, 0.3) is 0 Å². The fourth-order valence-electron chi connectivity index (χ4n) is 3.54. The first kappa shape index (κ1) is 14.9. The number of carbonyl (C=O) groups is 1. The second-order valence-corrected chi connectivity index (χ2v) is 9.38. The molecular weight excluding hydrogens is 334 g/mol. The number of amides is 1. The van der Waals surface area contributed by atoms with Gasteiger partial charge in [-0.2, -0.15) is 5.10 Å². The van der Waals surface area contributed by atoms with E-state index in [4.69, 9.17) is 0 Å². The third-order valence-corrected chi connectivity index (χ3v) is 7.30. The minimum absolute atomic E-state index is 0.00510. The predicted molar refractivity (Wildman–Crippen MR) is 88.7 cm³/mol. The van der Waals surface area contributed by atoms with Gasteiger partial charge in [-0.05, 0) is 24.8 Å². The molecule has 122 valence electrons. The molecular formula is C15H17N3O3S2. The van der Waals surface area contributed by atoms with Gasteiger partial charge in [0.05, 0.1) is 23.2 Å². The SMILES string of the molecule is Cc1nn([C@@H]2CCS(=O)(=O)C2)c2c1[C@H](c1cccs1)CC(=O)N2. The fourth-order valence-corrected chi connectivity index (χ4v) is 6.07. The van der Waals surface area contributed by atoms with Crippen molar-refractivity contribution in [3.63, 3.8) is 0 Å². The van der Waals surface area contributed by atoms with Gasteiger partial charge in [-0.1, -0.05) is 6.07 Å². The van der Waals surface area contributed by atoms with Crippen molar-refractivity contribution in [2.24, 2.45) is 0 Å². The monoisotopic (exact) mass is 351 g/mol. The normalized spacial score (nSPS) is 26.0. The van der Waals surface area contributed by atoms with Gasteiger partial charge in [0.15, 0.2) is 9.84 Å². The van der Waals surface area contributed by atoms with E-state index in [1.165, 1.54) is 0 Å². The molecule has 2 aliphatic rings. The van der Waals surface area contributed by atoms with Gasteiger partial charge in [0.2, 0.25) is 5.91 Å². The first-order valence-electron chi connectivity index (χ1n) is 7.57. The first-order valence-corrected chi connectivity index (χ1v) is 10.3. The number of anilines is 1. The van der Waals surface area contributed by atoms with Crippen molar-refractivity contribution >= 4 is 32.9 Å². The summed E-state index contributed by atoms with van der Waals surface area (Å²) < 4.78 is 25.3. The highest BCUT2D eigenvalue weighted by Gasteiger charge is 2.37. The summed E-state index contributed by atoms with van der Waals surface area (Å²) >= 11 is 1.63. The summed E-state index contributed by atoms with van der Waals surface area (Å²) in [6, 6.07) is 3.83. The van der Waals surface area contributed by atoms with Crippen molar-refractivity contribution in [1.29, 1.82) is 0 Å². The van der Waals surface area contributed by atoms with E-state index < -0.39 is 9.84 Å². The molecule has 0 spiro atoms. The Morgan fingerprint density at radius 3 is 2.91 bits per heavy atom. The van der Waals surface area contributed by atoms with E-state index in [1.54, 1.807) is 16.0 Å². The zero-order chi connectivity index (χ0) is 16.2. The maximum absolute atomic E-state index is 12.2. The topological polar surface area (TPSA) is 81.1 Å². The Labute approximate surface area is 138 Å². The average molecular weight is 351 g/mol. The lowest BCUT2D eigenvalue weighted by molar-refractivity contribution is -0.116. The van der Waals surface area contributed by atoms with Crippen LogP contribution < -0.4 is 5.32 Å². The Morgan fingerprint density at radius 2 is 2.26 bits per heavy atom. The van der Waals surface area contributed by atoms with Crippen LogP contribution >= 0.6 is 11.3 Å². The highest BCUT2D eigenvalue weighted by atomic mass is 32.2. The van der Waals surface area contributed by atoms with Gasteiger partial charge in [0, 0.05) is 22.8 Å². The predicted octanol–water partition coefficient (Wildman–Crippen LogP) is 2.09. The van der Waals surface area contributed by atoms with Gasteiger partial charge in [0.25, 0.3) is 0 Å². The van der Waals surface area contributed by atoms with Gasteiger partial charge in [-0.25, -0.2) is 13.1 Å². The van der Waals surface area contributed by atoms with Crippen LogP contribution in [-0.4, -0.2) is 35.6 Å². The van der Waals surface area contributed by atoms with Crippen LogP contribution in [0.3, 0.4) is 0 Å². The molecule has 0 saturated carbocycles. The van der Waals surface area contributed by atoms with Gasteiger partial charge in [0.1, 0.15) is 5.82 Å². The molecule has 0 radical (unpaired) electrons. The number of nitrogens with zero attached hydrogens (tertiary/aromatic N) is 2. The summed E-state index contributed by atoms with van der Waals surface area (Å²) in [6.07, 6.45) is 0.957. The van der Waals surface area contributed by atoms with Crippen molar-refractivity contribution in [2.45, 2.75) is 31.7 Å². The Morgan fingerprint density at radius 1 is 1.43 bits per heavy atom. The van der Waals surface area contributed by atoms with Crippen molar-refractivity contribution < 1.29 is 13.2 Å². The minimum Gasteiger partial charge on any atom is -0.311 e. The third kappa shape index (κ3) is 2.49. The Hall–Kier alpha value is -1.67. The molecule has 4 rings (SSSR count). The largest absolute Gasteiger partial charge is 0.311 e. The lowest BCUT2D eigenvalue weighted by atomic mass is 9.90. The van der Waals surface area contributed by atoms with Gasteiger partial charge >= 0.3 is 0 Å². The molecule has 2 atom stereocenters. The fraction of sp³-hybridized carbons (Fsp3) is 0.467. The van der Waals surface area contributed by atoms with Crippen LogP contribution in [0.5, 0.6) is 0 Å². The van der Waals surface area contributed by atoms with Crippen LogP contribution in [0.15, 0.2) is 17.5 Å². The molecule has 6 nitrogen and oxygen atoms in total. The van der Waals surface area contributed by atoms with E-state index in [0.717, 1.165) is 16.1 Å². The van der Waals surface area contributed by atoms with Crippen molar-refractivity contribution in [3.05, 3.63) is 33.6 Å². The number of aryl methyl sites for hydroxylation is 1. The van der Waals surface area contributed by atoms with Crippen LogP contribution in [0.1, 0.15) is 40.9 Å². The number of nitrogens with one attached hydrogen (secondary N) is 1. The van der Waals surface area contributed by atoms with Crippen molar-refractivity contribution in [1.82, 2.24) is 9.78 Å². The molecule has 2 aliphatic heterocycles. The van der Waals surface area contributed by atoms with Gasteiger partial charge in [-0.15, -0.1) is 11.3 Å². The Kier molecular flexibility index (Phi) is 3.35. The van der Waals surface area contributed by atoms with E-state index in [9.17, 15) is 13.2 Å². The number of hydrogen-bond donors (Lipinski definition) is 1. The molecule has 0 aromatic carbocycles. The highest BCUT2D eigenvalue weighted by molar-refractivity contribution is 7.91. The van der Waals surface area contributed by atoms with Crippen LogP contribution in [0.2, 0.25) is 0 Å². The molecule has 0 unspecified atom stereocenters. The molecule has 1 saturated heterocycles. The van der Waals surface area contributed by atoms with Crippen LogP contribution in [0.4, 0.5) is 5.82 Å². The van der Waals surface area contributed by atoms with E-state index >= 15 is 0 Å². The summed E-state index contributed by atoms with van der Waals surface area (Å²) in [5.74, 6) is 0.927. The van der Waals surface area contributed by atoms with Crippen molar-refractivity contribution in [2.75, 3.05) is 16.8 Å². The first-order chi connectivity index (χ1) is 10.9. The van der Waals surface area contributed by atoms with Crippen molar-refractivity contribution in [3.8, 4) is 0 Å². The van der Waals surface area contributed by atoms with E-state index in [-0.39, 0.29) is 29.4 Å². The number of hydrogen-bond acceptors (Lipinski definition) is 5. The number of sulfone groups is 1. The van der Waals surface area contributed by atoms with E-state index in [0.29, 0.717) is 18.7 Å². The second kappa shape index (κ2) is 5.17. The number of aromatic nitrogens is 2. The summed E-state index contributed by atoms with van der Waals surface area (Å²) in [5, 5.41) is 9.50. The molecule has 2 aromatic heterocycles. The van der Waals surface area contributed by atoms with Gasteiger partial charge in [-0.3, -0.25) is 4.79 Å². The lowest BCUT2D eigenvalue weighted by Gasteiger charge is -2.24. The molecule has 1 amide bonds. The average Bonchev–Trinajstić information content (AvgIpc) is 3.18. The molecule has 4 heterocycles. The van der Waals surface area contributed by atoms with Crippen LogP contribution in [-0.2, 0) is 14.6 Å². The van der Waals surface area contributed by atoms with Crippen LogP contribution in [0, 0.1) is 6.92 Å². The standard InChI is InChI=1S/C15H17N3O3S2/c1-9-14-11(12-3-2-5-22-12)7-13(19)16-15(14)18(17-9)10-4-6-23(20,21)8-10/h2-3,5,10-11H,4,6-8H2,1H3,(H,16,19)/t10-,11+/m1/s1. The highest BCUT2D eigenvalue weighted by Crippen LogP contribution is 2.42. The maximum Gasteiger partial charge on any atom is 0.226 e. The lowest BCUT2D eigenvalue weighted by Crippen LogP contribution is -2.26. The molecule has 8 heteroatoms. The number of fused-ring (bicyclic) bond motifs is 1. The zero-order valence-electron chi connectivity index (χ0n) is 12.7. The zero-order valence-corrected chi connectivity index (χ0v) is 14.3. The third-order valence-electron chi connectivity index (χ3n) is 4.57. The summed E-state index contributed by atoms with van der Waals surface area (Å²) in [4.78, 5) is 13.3. The summed E-state index contributed by atoms with van der Waals surface area (Å²) in [6.45, 7) is 1.93. The molecule has 0 bridgehead atoms. The smallest absolute Gasteiger partial charge is 0.226 e. The quantitative estimate of drug-likeness (QED) is 0.898. The van der Waals surface area contributed by atoms with E-state index in [2.05, 4.69) is 10.4 Å². The summed E-state index contributed by atoms with van der Waals surface area (Å²) in [7, 11) is -3.00. The molecule has 0 aliphatic carbocycles. The number of thiophene rings is 1.